The molecule has 20 heavy (non-hydrogen) atoms. The third-order valence-electron chi connectivity index (χ3n) is 3.92. The quantitative estimate of drug-likeness (QED) is 0.770. The van der Waals surface area contributed by atoms with Crippen LogP contribution < -0.4 is 4.74 Å². The van der Waals surface area contributed by atoms with Gasteiger partial charge in [0, 0.05) is 5.56 Å². The van der Waals surface area contributed by atoms with Gasteiger partial charge in [0.1, 0.15) is 5.75 Å². The molecule has 3 heteroatoms. The maximum Gasteiger partial charge on any atom is 0.182 e. The lowest BCUT2D eigenvalue weighted by molar-refractivity contribution is 0.0702. The number of carbonyl (C=O) groups excluding carboxylic acids is 1. The molecule has 0 radical (unpaired) electrons. The van der Waals surface area contributed by atoms with E-state index < -0.39 is 5.54 Å². The van der Waals surface area contributed by atoms with Crippen LogP contribution in [0.1, 0.15) is 50.9 Å². The Morgan fingerprint density at radius 1 is 1.25 bits per heavy atom. The summed E-state index contributed by atoms with van der Waals surface area (Å²) in [5, 5.41) is 0. The molecule has 0 aromatic heterocycles. The summed E-state index contributed by atoms with van der Waals surface area (Å²) in [6.45, 7) is 10.1. The highest BCUT2D eigenvalue weighted by atomic mass is 16.5. The standard InChI is InChI=1S/C17H25NO2/c1-13(2)20-15-9-7-8-14(12-15)16(19)17(3,4)18-10-5-6-11-18/h7-9,12-13H,5-6,10-11H2,1-4H3. The number of hydrogen-bond acceptors (Lipinski definition) is 3. The zero-order valence-electron chi connectivity index (χ0n) is 13.0. The molecule has 1 aromatic rings. The van der Waals surface area contributed by atoms with Gasteiger partial charge in [0.2, 0.25) is 0 Å². The van der Waals surface area contributed by atoms with E-state index in [2.05, 4.69) is 4.90 Å². The van der Waals surface area contributed by atoms with Gasteiger partial charge in [-0.1, -0.05) is 12.1 Å². The topological polar surface area (TPSA) is 29.5 Å². The van der Waals surface area contributed by atoms with Crippen molar-refractivity contribution in [1.29, 1.82) is 0 Å². The summed E-state index contributed by atoms with van der Waals surface area (Å²) >= 11 is 0. The second-order valence-electron chi connectivity index (χ2n) is 6.28. The fourth-order valence-electron chi connectivity index (χ4n) is 2.76. The van der Waals surface area contributed by atoms with E-state index in [4.69, 9.17) is 4.74 Å². The van der Waals surface area contributed by atoms with Crippen LogP contribution in [0.4, 0.5) is 0 Å². The number of benzene rings is 1. The number of Topliss-reactive ketones (excluding diaryl/α,β-unsaturated/α-hetero) is 1. The highest BCUT2D eigenvalue weighted by Crippen LogP contribution is 2.26. The number of carbonyl (C=O) groups is 1. The van der Waals surface area contributed by atoms with E-state index in [1.807, 2.05) is 52.0 Å². The average molecular weight is 275 g/mol. The lowest BCUT2D eigenvalue weighted by Crippen LogP contribution is -2.48. The van der Waals surface area contributed by atoms with E-state index in [9.17, 15) is 4.79 Å². The maximum atomic E-state index is 12.8. The van der Waals surface area contributed by atoms with Gasteiger partial charge in [0.15, 0.2) is 5.78 Å². The van der Waals surface area contributed by atoms with Crippen LogP contribution in [0.5, 0.6) is 5.75 Å². The Labute approximate surface area is 121 Å². The van der Waals surface area contributed by atoms with Gasteiger partial charge in [0.05, 0.1) is 11.6 Å². The van der Waals surface area contributed by atoms with E-state index in [0.717, 1.165) is 24.4 Å². The molecule has 0 saturated carbocycles. The van der Waals surface area contributed by atoms with Gasteiger partial charge in [0.25, 0.3) is 0 Å². The highest BCUT2D eigenvalue weighted by molar-refractivity contribution is 6.03. The molecule has 1 aromatic carbocycles. The molecule has 1 aliphatic rings. The number of nitrogens with zero attached hydrogens (tertiary/aromatic N) is 1. The van der Waals surface area contributed by atoms with E-state index in [0.29, 0.717) is 0 Å². The lowest BCUT2D eigenvalue weighted by atomic mass is 9.91. The van der Waals surface area contributed by atoms with Crippen molar-refractivity contribution in [3.63, 3.8) is 0 Å². The smallest absolute Gasteiger partial charge is 0.182 e. The van der Waals surface area contributed by atoms with Crippen LogP contribution in [0.2, 0.25) is 0 Å². The predicted octanol–water partition coefficient (Wildman–Crippen LogP) is 3.53. The van der Waals surface area contributed by atoms with Crippen molar-refractivity contribution in [2.45, 2.75) is 52.2 Å². The first-order valence-electron chi connectivity index (χ1n) is 7.48. The molecular weight excluding hydrogens is 250 g/mol. The molecule has 0 spiro atoms. The van der Waals surface area contributed by atoms with Gasteiger partial charge in [-0.2, -0.15) is 0 Å². The molecule has 0 unspecified atom stereocenters. The molecule has 0 atom stereocenters. The molecular formula is C17H25NO2. The molecule has 0 aliphatic carbocycles. The van der Waals surface area contributed by atoms with E-state index in [1.165, 1.54) is 12.8 Å². The molecule has 0 amide bonds. The fourth-order valence-corrected chi connectivity index (χ4v) is 2.76. The summed E-state index contributed by atoms with van der Waals surface area (Å²) in [4.78, 5) is 15.1. The molecule has 0 N–H and O–H groups in total. The Hall–Kier alpha value is -1.35. The fraction of sp³-hybridized carbons (Fsp3) is 0.588. The number of hydrogen-bond donors (Lipinski definition) is 0. The van der Waals surface area contributed by atoms with Gasteiger partial charge in [-0.05, 0) is 65.8 Å². The molecule has 1 aliphatic heterocycles. The Balaban J connectivity index is 2.19. The summed E-state index contributed by atoms with van der Waals surface area (Å²) in [7, 11) is 0. The van der Waals surface area contributed by atoms with Crippen LogP contribution in [0.15, 0.2) is 24.3 Å². The van der Waals surface area contributed by atoms with Crippen molar-refractivity contribution < 1.29 is 9.53 Å². The number of ether oxygens (including phenoxy) is 1. The van der Waals surface area contributed by atoms with Gasteiger partial charge in [-0.3, -0.25) is 9.69 Å². The van der Waals surface area contributed by atoms with Gasteiger partial charge >= 0.3 is 0 Å². The van der Waals surface area contributed by atoms with Crippen molar-refractivity contribution in [1.82, 2.24) is 4.90 Å². The van der Waals surface area contributed by atoms with Crippen LogP contribution >= 0.6 is 0 Å². The number of ketones is 1. The SMILES string of the molecule is CC(C)Oc1cccc(C(=O)C(C)(C)N2CCCC2)c1. The van der Waals surface area contributed by atoms with Crippen molar-refractivity contribution >= 4 is 5.78 Å². The Bertz CT molecular complexity index is 474. The lowest BCUT2D eigenvalue weighted by Gasteiger charge is -2.34. The van der Waals surface area contributed by atoms with Gasteiger partial charge in [-0.25, -0.2) is 0 Å². The summed E-state index contributed by atoms with van der Waals surface area (Å²) < 4.78 is 5.68. The first kappa shape index (κ1) is 15.0. The normalized spacial score (nSPS) is 16.6. The Kier molecular flexibility index (Phi) is 4.48. The van der Waals surface area contributed by atoms with Gasteiger partial charge in [-0.15, -0.1) is 0 Å². The largest absolute Gasteiger partial charge is 0.491 e. The van der Waals surface area contributed by atoms with Crippen molar-refractivity contribution in [3.8, 4) is 5.75 Å². The third kappa shape index (κ3) is 3.21. The molecule has 1 fully saturated rings. The van der Waals surface area contributed by atoms with Crippen molar-refractivity contribution in [3.05, 3.63) is 29.8 Å². The predicted molar refractivity (Wildman–Crippen MR) is 81.4 cm³/mol. The minimum absolute atomic E-state index is 0.118. The molecule has 110 valence electrons. The highest BCUT2D eigenvalue weighted by Gasteiger charge is 2.36. The molecule has 1 heterocycles. The van der Waals surface area contributed by atoms with E-state index >= 15 is 0 Å². The minimum Gasteiger partial charge on any atom is -0.491 e. The molecule has 3 nitrogen and oxygen atoms in total. The summed E-state index contributed by atoms with van der Waals surface area (Å²) in [5.41, 5.74) is 0.299. The first-order valence-corrected chi connectivity index (χ1v) is 7.48. The number of likely N-dealkylation sites (tertiary alicyclic amines) is 1. The second kappa shape index (κ2) is 5.96. The minimum atomic E-state index is -0.438. The first-order chi connectivity index (χ1) is 9.41. The Morgan fingerprint density at radius 3 is 2.50 bits per heavy atom. The Morgan fingerprint density at radius 2 is 1.90 bits per heavy atom. The van der Waals surface area contributed by atoms with E-state index in [-0.39, 0.29) is 11.9 Å². The van der Waals surface area contributed by atoms with Crippen LogP contribution in [0.3, 0.4) is 0 Å². The van der Waals surface area contributed by atoms with E-state index in [1.54, 1.807) is 0 Å². The summed E-state index contributed by atoms with van der Waals surface area (Å²) in [6.07, 6.45) is 2.49. The second-order valence-corrected chi connectivity index (χ2v) is 6.28. The average Bonchev–Trinajstić information content (AvgIpc) is 2.92. The molecule has 0 bridgehead atoms. The van der Waals surface area contributed by atoms with Crippen molar-refractivity contribution in [2.24, 2.45) is 0 Å². The molecule has 1 saturated heterocycles. The summed E-state index contributed by atoms with van der Waals surface area (Å²) in [6, 6.07) is 7.54. The number of rotatable bonds is 5. The maximum absolute atomic E-state index is 12.8. The van der Waals surface area contributed by atoms with Crippen LogP contribution in [0, 0.1) is 0 Å². The van der Waals surface area contributed by atoms with Crippen molar-refractivity contribution in [2.75, 3.05) is 13.1 Å². The van der Waals surface area contributed by atoms with Crippen LogP contribution in [0.25, 0.3) is 0 Å². The van der Waals surface area contributed by atoms with Gasteiger partial charge < -0.3 is 4.74 Å². The van der Waals surface area contributed by atoms with Crippen LogP contribution in [-0.2, 0) is 0 Å². The molecule has 2 rings (SSSR count). The third-order valence-corrected chi connectivity index (χ3v) is 3.92. The van der Waals surface area contributed by atoms with Crippen LogP contribution in [-0.4, -0.2) is 35.4 Å². The summed E-state index contributed by atoms with van der Waals surface area (Å²) in [5.74, 6) is 0.941. The zero-order chi connectivity index (χ0) is 14.8. The zero-order valence-corrected chi connectivity index (χ0v) is 13.0. The monoisotopic (exact) mass is 275 g/mol.